The average molecular weight is 279 g/mol. The third-order valence-corrected chi connectivity index (χ3v) is 2.47. The third kappa shape index (κ3) is 2.58. The number of hydrogen-bond acceptors (Lipinski definition) is 4. The molecule has 0 saturated carbocycles. The fourth-order valence-electron chi connectivity index (χ4n) is 1.61. The van der Waals surface area contributed by atoms with E-state index in [-0.39, 0.29) is 23.5 Å². The molecule has 1 aromatic carbocycles. The van der Waals surface area contributed by atoms with E-state index in [0.29, 0.717) is 6.07 Å². The van der Waals surface area contributed by atoms with Gasteiger partial charge in [-0.2, -0.15) is 0 Å². The molecule has 1 N–H and O–H groups in total. The van der Waals surface area contributed by atoms with Gasteiger partial charge in [-0.3, -0.25) is 14.9 Å². The molecule has 102 valence electrons. The molecule has 0 aliphatic rings. The van der Waals surface area contributed by atoms with Crippen LogP contribution in [0, 0.1) is 21.7 Å². The first-order valence-corrected chi connectivity index (χ1v) is 5.34. The molecule has 2 aromatic rings. The molecule has 20 heavy (non-hydrogen) atoms. The average Bonchev–Trinajstić information content (AvgIpc) is 2.38. The van der Waals surface area contributed by atoms with Gasteiger partial charge >= 0.3 is 5.69 Å². The molecule has 1 amide bonds. The van der Waals surface area contributed by atoms with Gasteiger partial charge in [-0.1, -0.05) is 0 Å². The van der Waals surface area contributed by atoms with Gasteiger partial charge in [-0.25, -0.2) is 13.8 Å². The second-order valence-electron chi connectivity index (χ2n) is 3.71. The maximum Gasteiger partial charge on any atom is 0.311 e. The topological polar surface area (TPSA) is 85.1 Å². The molecule has 0 radical (unpaired) electrons. The normalized spacial score (nSPS) is 10.1. The van der Waals surface area contributed by atoms with E-state index in [9.17, 15) is 23.7 Å². The van der Waals surface area contributed by atoms with Crippen molar-refractivity contribution in [3.8, 4) is 11.3 Å². The summed E-state index contributed by atoms with van der Waals surface area (Å²) in [6.45, 7) is 0. The van der Waals surface area contributed by atoms with E-state index in [0.717, 1.165) is 18.2 Å². The second kappa shape index (κ2) is 5.39. The number of amides is 1. The van der Waals surface area contributed by atoms with Gasteiger partial charge in [0.05, 0.1) is 10.6 Å². The summed E-state index contributed by atoms with van der Waals surface area (Å²) in [7, 11) is 0. The van der Waals surface area contributed by atoms with Crippen LogP contribution in [-0.2, 0) is 4.79 Å². The van der Waals surface area contributed by atoms with Crippen molar-refractivity contribution in [3.05, 3.63) is 52.1 Å². The lowest BCUT2D eigenvalue weighted by Crippen LogP contribution is -2.03. The smallest absolute Gasteiger partial charge is 0.308 e. The minimum atomic E-state index is -0.858. The molecule has 0 aliphatic heterocycles. The van der Waals surface area contributed by atoms with Crippen LogP contribution in [0.2, 0.25) is 0 Å². The number of benzene rings is 1. The van der Waals surface area contributed by atoms with E-state index in [2.05, 4.69) is 10.3 Å². The van der Waals surface area contributed by atoms with Crippen LogP contribution in [0.4, 0.5) is 20.3 Å². The minimum Gasteiger partial charge on any atom is -0.308 e. The Hall–Kier alpha value is -2.90. The Labute approximate surface area is 111 Å². The lowest BCUT2D eigenvalue weighted by atomic mass is 10.1. The summed E-state index contributed by atoms with van der Waals surface area (Å²) in [5.41, 5.74) is -0.420. The first kappa shape index (κ1) is 13.5. The van der Waals surface area contributed by atoms with E-state index < -0.39 is 22.2 Å². The summed E-state index contributed by atoms with van der Waals surface area (Å²) in [6, 6.07) is 5.16. The minimum absolute atomic E-state index is 0.0322. The molecule has 0 atom stereocenters. The standard InChI is InChI=1S/C12H7F2N3O3/c13-7-1-2-8(9(14)5-7)10-3-4-11(17(19)20)12(16-10)15-6-18/h1-6H,(H,15,16,18). The van der Waals surface area contributed by atoms with Gasteiger partial charge in [0, 0.05) is 17.7 Å². The Bertz CT molecular complexity index is 692. The van der Waals surface area contributed by atoms with Gasteiger partial charge < -0.3 is 5.32 Å². The van der Waals surface area contributed by atoms with Crippen LogP contribution in [0.3, 0.4) is 0 Å². The van der Waals surface area contributed by atoms with Crippen LogP contribution in [0.1, 0.15) is 0 Å². The number of carbonyl (C=O) groups is 1. The van der Waals surface area contributed by atoms with Crippen molar-refractivity contribution < 1.29 is 18.5 Å². The number of carbonyl (C=O) groups excluding carboxylic acids is 1. The van der Waals surface area contributed by atoms with E-state index in [1.54, 1.807) is 0 Å². The van der Waals surface area contributed by atoms with E-state index in [1.165, 1.54) is 6.07 Å². The number of nitrogens with zero attached hydrogens (tertiary/aromatic N) is 2. The zero-order chi connectivity index (χ0) is 14.7. The van der Waals surface area contributed by atoms with Crippen LogP contribution in [0.15, 0.2) is 30.3 Å². The quantitative estimate of drug-likeness (QED) is 0.529. The molecular weight excluding hydrogens is 272 g/mol. The zero-order valence-corrected chi connectivity index (χ0v) is 9.84. The highest BCUT2D eigenvalue weighted by Crippen LogP contribution is 2.28. The predicted molar refractivity (Wildman–Crippen MR) is 65.9 cm³/mol. The lowest BCUT2D eigenvalue weighted by molar-refractivity contribution is -0.384. The monoisotopic (exact) mass is 279 g/mol. The van der Waals surface area contributed by atoms with Gasteiger partial charge in [-0.05, 0) is 18.2 Å². The van der Waals surface area contributed by atoms with Crippen molar-refractivity contribution in [2.75, 3.05) is 5.32 Å². The Balaban J connectivity index is 2.55. The molecule has 1 heterocycles. The Morgan fingerprint density at radius 2 is 2.00 bits per heavy atom. The molecule has 2 rings (SSSR count). The molecule has 0 fully saturated rings. The van der Waals surface area contributed by atoms with Crippen molar-refractivity contribution >= 4 is 17.9 Å². The Morgan fingerprint density at radius 1 is 1.25 bits per heavy atom. The van der Waals surface area contributed by atoms with Crippen LogP contribution in [-0.4, -0.2) is 16.3 Å². The highest BCUT2D eigenvalue weighted by Gasteiger charge is 2.17. The first-order valence-electron chi connectivity index (χ1n) is 5.34. The largest absolute Gasteiger partial charge is 0.311 e. The Kier molecular flexibility index (Phi) is 3.65. The molecule has 6 nitrogen and oxygen atoms in total. The molecule has 0 bridgehead atoms. The molecule has 0 aliphatic carbocycles. The number of nitro groups is 1. The second-order valence-corrected chi connectivity index (χ2v) is 3.71. The van der Waals surface area contributed by atoms with Crippen molar-refractivity contribution in [2.24, 2.45) is 0 Å². The SMILES string of the molecule is O=CNc1nc(-c2ccc(F)cc2F)ccc1[N+](=O)[O-]. The van der Waals surface area contributed by atoms with Crippen LogP contribution < -0.4 is 5.32 Å². The summed E-state index contributed by atoms with van der Waals surface area (Å²) in [5, 5.41) is 12.8. The fourth-order valence-corrected chi connectivity index (χ4v) is 1.61. The van der Waals surface area contributed by atoms with Gasteiger partial charge in [0.1, 0.15) is 11.6 Å². The first-order chi connectivity index (χ1) is 9.52. The molecule has 8 heteroatoms. The van der Waals surface area contributed by atoms with Gasteiger partial charge in [0.2, 0.25) is 12.2 Å². The van der Waals surface area contributed by atoms with E-state index >= 15 is 0 Å². The molecule has 0 spiro atoms. The number of rotatable bonds is 4. The fraction of sp³-hybridized carbons (Fsp3) is 0. The van der Waals surface area contributed by atoms with Crippen LogP contribution >= 0.6 is 0 Å². The number of aromatic nitrogens is 1. The maximum atomic E-state index is 13.6. The number of anilines is 1. The molecule has 0 saturated heterocycles. The van der Waals surface area contributed by atoms with Crippen molar-refractivity contribution in [2.45, 2.75) is 0 Å². The highest BCUT2D eigenvalue weighted by atomic mass is 19.1. The van der Waals surface area contributed by atoms with E-state index in [4.69, 9.17) is 0 Å². The third-order valence-electron chi connectivity index (χ3n) is 2.47. The maximum absolute atomic E-state index is 13.6. The number of hydrogen-bond donors (Lipinski definition) is 1. The van der Waals surface area contributed by atoms with Gasteiger partial charge in [0.25, 0.3) is 0 Å². The highest BCUT2D eigenvalue weighted by molar-refractivity contribution is 5.77. The lowest BCUT2D eigenvalue weighted by Gasteiger charge is -2.05. The predicted octanol–water partition coefficient (Wildman–Crippen LogP) is 2.50. The van der Waals surface area contributed by atoms with Crippen molar-refractivity contribution in [3.63, 3.8) is 0 Å². The zero-order valence-electron chi connectivity index (χ0n) is 9.84. The van der Waals surface area contributed by atoms with Crippen LogP contribution in [0.25, 0.3) is 11.3 Å². The number of pyridine rings is 1. The summed E-state index contributed by atoms with van der Waals surface area (Å²) < 4.78 is 26.4. The summed E-state index contributed by atoms with van der Waals surface area (Å²) >= 11 is 0. The summed E-state index contributed by atoms with van der Waals surface area (Å²) in [5.74, 6) is -1.92. The van der Waals surface area contributed by atoms with Gasteiger partial charge in [0.15, 0.2) is 0 Å². The summed E-state index contributed by atoms with van der Waals surface area (Å²) in [4.78, 5) is 24.2. The van der Waals surface area contributed by atoms with Crippen molar-refractivity contribution in [1.29, 1.82) is 0 Å². The summed E-state index contributed by atoms with van der Waals surface area (Å²) in [6.07, 6.45) is 0.222. The molecule has 0 unspecified atom stereocenters. The Morgan fingerprint density at radius 3 is 2.60 bits per heavy atom. The number of nitrogens with one attached hydrogen (secondary N) is 1. The molecule has 1 aromatic heterocycles. The molecular formula is C12H7F2N3O3. The van der Waals surface area contributed by atoms with E-state index in [1.807, 2.05) is 0 Å². The van der Waals surface area contributed by atoms with Gasteiger partial charge in [-0.15, -0.1) is 0 Å². The number of halogens is 2. The van der Waals surface area contributed by atoms with Crippen LogP contribution in [0.5, 0.6) is 0 Å². The van der Waals surface area contributed by atoms with Crippen molar-refractivity contribution in [1.82, 2.24) is 4.98 Å².